The van der Waals surface area contributed by atoms with E-state index in [1.165, 1.54) is 11.8 Å². The lowest BCUT2D eigenvalue weighted by Gasteiger charge is -2.31. The van der Waals surface area contributed by atoms with Crippen molar-refractivity contribution >= 4 is 29.3 Å². The maximum absolute atomic E-state index is 12.5. The number of likely N-dealkylation sites (tertiary alicyclic amines) is 1. The van der Waals surface area contributed by atoms with Gasteiger partial charge in [-0.25, -0.2) is 0 Å². The number of aromatic nitrogens is 2. The van der Waals surface area contributed by atoms with Crippen LogP contribution in [-0.2, 0) is 9.59 Å². The van der Waals surface area contributed by atoms with Crippen LogP contribution in [0, 0.1) is 5.92 Å². The number of anilines is 1. The monoisotopic (exact) mass is 422 g/mol. The molecule has 3 aromatic rings. The van der Waals surface area contributed by atoms with Gasteiger partial charge in [0.25, 0.3) is 5.22 Å². The van der Waals surface area contributed by atoms with Crippen molar-refractivity contribution in [2.45, 2.75) is 18.1 Å². The number of hydrogen-bond acceptors (Lipinski definition) is 6. The van der Waals surface area contributed by atoms with Crippen molar-refractivity contribution in [2.75, 3.05) is 24.2 Å². The van der Waals surface area contributed by atoms with Crippen LogP contribution in [0.1, 0.15) is 12.8 Å². The highest BCUT2D eigenvalue weighted by atomic mass is 32.2. The lowest BCUT2D eigenvalue weighted by atomic mass is 9.96. The molecule has 1 saturated heterocycles. The Morgan fingerprint density at radius 2 is 1.67 bits per heavy atom. The number of nitrogens with zero attached hydrogens (tertiary/aromatic N) is 3. The quantitative estimate of drug-likeness (QED) is 0.610. The van der Waals surface area contributed by atoms with Crippen molar-refractivity contribution < 1.29 is 14.0 Å². The summed E-state index contributed by atoms with van der Waals surface area (Å²) in [6.45, 7) is 1.15. The van der Waals surface area contributed by atoms with Gasteiger partial charge in [0.15, 0.2) is 0 Å². The second-order valence-electron chi connectivity index (χ2n) is 7.04. The van der Waals surface area contributed by atoms with Crippen LogP contribution in [-0.4, -0.2) is 45.8 Å². The number of rotatable bonds is 6. The number of benzene rings is 2. The minimum absolute atomic E-state index is 0.0152. The van der Waals surface area contributed by atoms with Crippen LogP contribution in [0.4, 0.5) is 5.69 Å². The zero-order valence-corrected chi connectivity index (χ0v) is 17.2. The number of thioether (sulfide) groups is 1. The number of piperidine rings is 1. The summed E-state index contributed by atoms with van der Waals surface area (Å²) in [7, 11) is 0. The van der Waals surface area contributed by atoms with Crippen LogP contribution in [0.3, 0.4) is 0 Å². The van der Waals surface area contributed by atoms with Gasteiger partial charge in [0.2, 0.25) is 17.7 Å². The number of hydrogen-bond donors (Lipinski definition) is 1. The molecule has 0 spiro atoms. The molecule has 4 rings (SSSR count). The van der Waals surface area contributed by atoms with Crippen molar-refractivity contribution in [2.24, 2.45) is 5.92 Å². The third-order valence-electron chi connectivity index (χ3n) is 5.01. The summed E-state index contributed by atoms with van der Waals surface area (Å²) in [5, 5.41) is 11.4. The molecule has 1 fully saturated rings. The Morgan fingerprint density at radius 3 is 2.37 bits per heavy atom. The van der Waals surface area contributed by atoms with Crippen molar-refractivity contribution in [1.82, 2.24) is 15.1 Å². The van der Waals surface area contributed by atoms with E-state index < -0.39 is 0 Å². The Hall–Kier alpha value is -3.13. The summed E-state index contributed by atoms with van der Waals surface area (Å²) < 4.78 is 5.63. The standard InChI is InChI=1S/C22H22N4O3S/c27-19(15-30-22-25-24-21(29-22)17-7-3-1-4-8-17)26-13-11-16(12-14-26)20(28)23-18-9-5-2-6-10-18/h1-10,16H,11-15H2,(H,23,28). The van der Waals surface area contributed by atoms with Gasteiger partial charge in [0, 0.05) is 30.3 Å². The first-order chi connectivity index (χ1) is 14.7. The van der Waals surface area contributed by atoms with E-state index in [1.54, 1.807) is 4.90 Å². The molecule has 0 bridgehead atoms. The molecule has 0 atom stereocenters. The summed E-state index contributed by atoms with van der Waals surface area (Å²) in [5.41, 5.74) is 1.64. The molecule has 0 saturated carbocycles. The highest BCUT2D eigenvalue weighted by molar-refractivity contribution is 7.99. The summed E-state index contributed by atoms with van der Waals surface area (Å²) in [4.78, 5) is 26.8. The fraction of sp³-hybridized carbons (Fsp3) is 0.273. The summed E-state index contributed by atoms with van der Waals surface area (Å²) >= 11 is 1.24. The highest BCUT2D eigenvalue weighted by Crippen LogP contribution is 2.24. The molecule has 2 aromatic carbocycles. The van der Waals surface area contributed by atoms with Gasteiger partial charge >= 0.3 is 0 Å². The molecule has 154 valence electrons. The van der Waals surface area contributed by atoms with Crippen molar-refractivity contribution in [3.63, 3.8) is 0 Å². The molecule has 2 amide bonds. The summed E-state index contributed by atoms with van der Waals surface area (Å²) in [6, 6.07) is 18.9. The van der Waals surface area contributed by atoms with E-state index in [-0.39, 0.29) is 23.5 Å². The molecule has 1 aromatic heterocycles. The molecule has 0 unspecified atom stereocenters. The van der Waals surface area contributed by atoms with Crippen molar-refractivity contribution in [1.29, 1.82) is 0 Å². The van der Waals surface area contributed by atoms with Gasteiger partial charge in [-0.3, -0.25) is 9.59 Å². The van der Waals surface area contributed by atoms with Crippen LogP contribution in [0.2, 0.25) is 0 Å². The topological polar surface area (TPSA) is 88.3 Å². The fourth-order valence-corrected chi connectivity index (χ4v) is 4.00. The molecule has 30 heavy (non-hydrogen) atoms. The fourth-order valence-electron chi connectivity index (χ4n) is 3.34. The molecule has 0 aliphatic carbocycles. The third kappa shape index (κ3) is 5.07. The maximum atomic E-state index is 12.5. The smallest absolute Gasteiger partial charge is 0.277 e. The molecule has 1 aliphatic rings. The average molecular weight is 423 g/mol. The van der Waals surface area contributed by atoms with Gasteiger partial charge < -0.3 is 14.6 Å². The van der Waals surface area contributed by atoms with Crippen LogP contribution < -0.4 is 5.32 Å². The highest BCUT2D eigenvalue weighted by Gasteiger charge is 2.27. The molecule has 7 nitrogen and oxygen atoms in total. The van der Waals surface area contributed by atoms with Gasteiger partial charge in [-0.05, 0) is 37.1 Å². The Morgan fingerprint density at radius 1 is 1.00 bits per heavy atom. The van der Waals surface area contributed by atoms with Crippen LogP contribution >= 0.6 is 11.8 Å². The molecule has 8 heteroatoms. The first kappa shape index (κ1) is 20.2. The zero-order chi connectivity index (χ0) is 20.8. The van der Waals surface area contributed by atoms with E-state index in [0.29, 0.717) is 37.0 Å². The zero-order valence-electron chi connectivity index (χ0n) is 16.4. The normalized spacial score (nSPS) is 14.5. The van der Waals surface area contributed by atoms with Gasteiger partial charge in [0.1, 0.15) is 0 Å². The van der Waals surface area contributed by atoms with Crippen molar-refractivity contribution in [3.05, 3.63) is 60.7 Å². The first-order valence-corrected chi connectivity index (χ1v) is 10.8. The van der Waals surface area contributed by atoms with Crippen LogP contribution in [0.25, 0.3) is 11.5 Å². The molecular weight excluding hydrogens is 400 g/mol. The van der Waals surface area contributed by atoms with E-state index in [1.807, 2.05) is 60.7 Å². The Labute approximate surface area is 178 Å². The average Bonchev–Trinajstić information content (AvgIpc) is 3.28. The SMILES string of the molecule is O=C(Nc1ccccc1)C1CCN(C(=O)CSc2nnc(-c3ccccc3)o2)CC1. The first-order valence-electron chi connectivity index (χ1n) is 9.84. The summed E-state index contributed by atoms with van der Waals surface area (Å²) in [6.07, 6.45) is 1.32. The maximum Gasteiger partial charge on any atom is 0.277 e. The lowest BCUT2D eigenvalue weighted by molar-refractivity contribution is -0.132. The molecular formula is C22H22N4O3S. The number of carbonyl (C=O) groups is 2. The second-order valence-corrected chi connectivity index (χ2v) is 7.96. The molecule has 1 N–H and O–H groups in total. The van der Waals surface area contributed by atoms with E-state index in [2.05, 4.69) is 15.5 Å². The Kier molecular flexibility index (Phi) is 6.44. The molecule has 1 aliphatic heterocycles. The number of nitrogens with one attached hydrogen (secondary N) is 1. The van der Waals surface area contributed by atoms with E-state index in [0.717, 1.165) is 11.3 Å². The largest absolute Gasteiger partial charge is 0.411 e. The molecule has 2 heterocycles. The second kappa shape index (κ2) is 9.58. The van der Waals surface area contributed by atoms with Crippen molar-refractivity contribution in [3.8, 4) is 11.5 Å². The predicted octanol–water partition coefficient (Wildman–Crippen LogP) is 3.71. The van der Waals surface area contributed by atoms with E-state index >= 15 is 0 Å². The van der Waals surface area contributed by atoms with Gasteiger partial charge in [-0.15, -0.1) is 10.2 Å². The van der Waals surface area contributed by atoms with Gasteiger partial charge in [0.05, 0.1) is 5.75 Å². The summed E-state index contributed by atoms with van der Waals surface area (Å²) in [5.74, 6) is 0.627. The predicted molar refractivity (Wildman–Crippen MR) is 115 cm³/mol. The van der Waals surface area contributed by atoms with E-state index in [4.69, 9.17) is 4.42 Å². The van der Waals surface area contributed by atoms with Crippen LogP contribution in [0.5, 0.6) is 0 Å². The third-order valence-corrected chi connectivity index (χ3v) is 5.81. The van der Waals surface area contributed by atoms with Gasteiger partial charge in [-0.1, -0.05) is 48.2 Å². The molecule has 0 radical (unpaired) electrons. The minimum atomic E-state index is -0.0775. The van der Waals surface area contributed by atoms with Crippen LogP contribution in [0.15, 0.2) is 70.3 Å². The number of carbonyl (C=O) groups excluding carboxylic acids is 2. The Balaban J connectivity index is 1.23. The Bertz CT molecular complexity index is 986. The number of amides is 2. The minimum Gasteiger partial charge on any atom is -0.411 e. The lowest BCUT2D eigenvalue weighted by Crippen LogP contribution is -2.42. The van der Waals surface area contributed by atoms with E-state index in [9.17, 15) is 9.59 Å². The number of para-hydroxylation sites is 1. The van der Waals surface area contributed by atoms with Gasteiger partial charge in [-0.2, -0.15) is 0 Å².